The van der Waals surface area contributed by atoms with E-state index in [1.807, 2.05) is 0 Å². The van der Waals surface area contributed by atoms with Crippen molar-refractivity contribution in [1.82, 2.24) is 0 Å². The fourth-order valence-electron chi connectivity index (χ4n) is 6.99. The maximum Gasteiger partial charge on any atom is 0.306 e. The van der Waals surface area contributed by atoms with Gasteiger partial charge < -0.3 is 39.4 Å². The highest BCUT2D eigenvalue weighted by Crippen LogP contribution is 2.22. The van der Waals surface area contributed by atoms with Gasteiger partial charge in [0.1, 0.15) is 30.5 Å². The molecule has 1 aliphatic heterocycles. The summed E-state index contributed by atoms with van der Waals surface area (Å²) in [7, 11) is 0. The van der Waals surface area contributed by atoms with Crippen molar-refractivity contribution in [3.8, 4) is 0 Å². The van der Waals surface area contributed by atoms with Gasteiger partial charge in [0.05, 0.1) is 19.8 Å². The average molecular weight is 833 g/mol. The minimum absolute atomic E-state index is 0.116. The first-order chi connectivity index (χ1) is 28.9. The molecular formula is C50H88O9. The van der Waals surface area contributed by atoms with Gasteiger partial charge >= 0.3 is 5.97 Å². The zero-order chi connectivity index (χ0) is 42.9. The number of hydrogen-bond donors (Lipinski definition) is 4. The average Bonchev–Trinajstić information content (AvgIpc) is 3.24. The van der Waals surface area contributed by atoms with Crippen LogP contribution in [0.3, 0.4) is 0 Å². The zero-order valence-corrected chi connectivity index (χ0v) is 37.5. The van der Waals surface area contributed by atoms with Crippen LogP contribution in [0.25, 0.3) is 0 Å². The summed E-state index contributed by atoms with van der Waals surface area (Å²) >= 11 is 0. The molecule has 1 heterocycles. The fourth-order valence-corrected chi connectivity index (χ4v) is 6.99. The highest BCUT2D eigenvalue weighted by molar-refractivity contribution is 5.69. The van der Waals surface area contributed by atoms with Crippen LogP contribution in [0.4, 0.5) is 0 Å². The molecule has 1 fully saturated rings. The minimum atomic E-state index is -1.54. The van der Waals surface area contributed by atoms with Gasteiger partial charge in [-0.15, -0.1) is 0 Å². The highest BCUT2D eigenvalue weighted by atomic mass is 16.7. The number of ether oxygens (including phenoxy) is 4. The molecule has 0 aromatic rings. The Morgan fingerprint density at radius 3 is 1.56 bits per heavy atom. The number of unbranched alkanes of at least 4 members (excludes halogenated alkanes) is 19. The van der Waals surface area contributed by atoms with Crippen molar-refractivity contribution < 1.29 is 44.2 Å². The third-order valence-electron chi connectivity index (χ3n) is 10.7. The van der Waals surface area contributed by atoms with E-state index < -0.39 is 43.4 Å². The molecule has 1 rings (SSSR count). The van der Waals surface area contributed by atoms with Crippen molar-refractivity contribution in [3.63, 3.8) is 0 Å². The lowest BCUT2D eigenvalue weighted by molar-refractivity contribution is -0.305. The minimum Gasteiger partial charge on any atom is -0.457 e. The number of rotatable bonds is 40. The molecule has 0 aromatic carbocycles. The molecule has 0 aromatic heterocycles. The summed E-state index contributed by atoms with van der Waals surface area (Å²) in [6.07, 6.45) is 45.3. The molecule has 4 N–H and O–H groups in total. The first-order valence-corrected chi connectivity index (χ1v) is 23.9. The summed E-state index contributed by atoms with van der Waals surface area (Å²) in [5.41, 5.74) is 0. The van der Waals surface area contributed by atoms with Gasteiger partial charge in [-0.2, -0.15) is 0 Å². The van der Waals surface area contributed by atoms with E-state index in [-0.39, 0.29) is 19.2 Å². The molecule has 0 aliphatic carbocycles. The smallest absolute Gasteiger partial charge is 0.306 e. The van der Waals surface area contributed by atoms with Gasteiger partial charge in [-0.25, -0.2) is 0 Å². The van der Waals surface area contributed by atoms with Crippen molar-refractivity contribution in [3.05, 3.63) is 60.8 Å². The Labute approximate surface area is 360 Å². The van der Waals surface area contributed by atoms with E-state index in [9.17, 15) is 25.2 Å². The van der Waals surface area contributed by atoms with E-state index in [1.165, 1.54) is 96.3 Å². The summed E-state index contributed by atoms with van der Waals surface area (Å²) in [5.74, 6) is -0.321. The van der Waals surface area contributed by atoms with Crippen LogP contribution in [0, 0.1) is 0 Å². The standard InChI is InChI=1S/C50H88O9/c1-3-5-7-9-11-13-15-16-17-18-19-20-21-22-23-24-25-26-27-28-29-31-33-35-37-39-46(52)58-44(43-57-50-49(55)48(54)47(53)45(41-51)59-50)42-56-40-38-36-34-32-30-14-12-10-8-6-4-2/h5,7,11,13,16-17,19-20,22-23,44-45,47-51,53-55H,3-4,6,8-10,12,14-15,18,21,24-43H2,1-2H3/b7-5-,13-11-,17-16-,20-19-,23-22-. The number of carbonyl (C=O) groups is 1. The van der Waals surface area contributed by atoms with Crippen LogP contribution < -0.4 is 0 Å². The van der Waals surface area contributed by atoms with Crippen LogP contribution in [0.15, 0.2) is 60.8 Å². The van der Waals surface area contributed by atoms with Crippen molar-refractivity contribution >= 4 is 5.97 Å². The second-order valence-electron chi connectivity index (χ2n) is 16.2. The summed E-state index contributed by atoms with van der Waals surface area (Å²) in [5, 5.41) is 40.1. The van der Waals surface area contributed by atoms with Crippen molar-refractivity contribution in [2.75, 3.05) is 26.4 Å². The van der Waals surface area contributed by atoms with Crippen LogP contribution in [0.1, 0.15) is 187 Å². The molecule has 0 saturated carbocycles. The van der Waals surface area contributed by atoms with E-state index in [0.29, 0.717) is 13.0 Å². The molecule has 1 aliphatic rings. The van der Waals surface area contributed by atoms with E-state index >= 15 is 0 Å². The van der Waals surface area contributed by atoms with E-state index in [4.69, 9.17) is 18.9 Å². The monoisotopic (exact) mass is 833 g/mol. The van der Waals surface area contributed by atoms with Crippen molar-refractivity contribution in [2.45, 2.75) is 224 Å². The molecule has 0 bridgehead atoms. The van der Waals surface area contributed by atoms with Gasteiger partial charge in [-0.05, 0) is 57.8 Å². The largest absolute Gasteiger partial charge is 0.457 e. The van der Waals surface area contributed by atoms with Crippen LogP contribution in [-0.4, -0.2) is 89.6 Å². The van der Waals surface area contributed by atoms with Gasteiger partial charge in [0.2, 0.25) is 0 Å². The molecule has 0 amide bonds. The molecule has 6 unspecified atom stereocenters. The Morgan fingerprint density at radius 2 is 1.03 bits per heavy atom. The number of aliphatic hydroxyl groups is 4. The van der Waals surface area contributed by atoms with Gasteiger partial charge in [0, 0.05) is 13.0 Å². The fraction of sp³-hybridized carbons (Fsp3) is 0.780. The summed E-state index contributed by atoms with van der Waals surface area (Å²) in [6, 6.07) is 0. The van der Waals surface area contributed by atoms with Crippen molar-refractivity contribution in [1.29, 1.82) is 0 Å². The Hall–Kier alpha value is -2.11. The van der Waals surface area contributed by atoms with Gasteiger partial charge in [-0.1, -0.05) is 184 Å². The van der Waals surface area contributed by atoms with E-state index in [2.05, 4.69) is 74.6 Å². The molecule has 1 saturated heterocycles. The highest BCUT2D eigenvalue weighted by Gasteiger charge is 2.44. The Bertz CT molecular complexity index is 1080. The Morgan fingerprint density at radius 1 is 0.559 bits per heavy atom. The lowest BCUT2D eigenvalue weighted by atomic mass is 9.99. The number of aliphatic hydroxyl groups excluding tert-OH is 4. The Kier molecular flexibility index (Phi) is 38.4. The van der Waals surface area contributed by atoms with Gasteiger partial charge in [-0.3, -0.25) is 4.79 Å². The van der Waals surface area contributed by atoms with Crippen LogP contribution in [-0.2, 0) is 23.7 Å². The molecular weight excluding hydrogens is 745 g/mol. The normalized spacial score (nSPS) is 20.7. The lowest BCUT2D eigenvalue weighted by Gasteiger charge is -2.39. The first kappa shape index (κ1) is 54.9. The van der Waals surface area contributed by atoms with Crippen LogP contribution >= 0.6 is 0 Å². The third-order valence-corrected chi connectivity index (χ3v) is 10.7. The third kappa shape index (κ3) is 32.3. The molecule has 59 heavy (non-hydrogen) atoms. The quantitative estimate of drug-likeness (QED) is 0.0270. The zero-order valence-electron chi connectivity index (χ0n) is 37.5. The number of esters is 1. The predicted molar refractivity (Wildman–Crippen MR) is 242 cm³/mol. The first-order valence-electron chi connectivity index (χ1n) is 23.9. The van der Waals surface area contributed by atoms with E-state index in [0.717, 1.165) is 70.6 Å². The van der Waals surface area contributed by atoms with Crippen LogP contribution in [0.2, 0.25) is 0 Å². The summed E-state index contributed by atoms with van der Waals surface area (Å²) in [4.78, 5) is 12.8. The maximum absolute atomic E-state index is 12.8. The molecule has 342 valence electrons. The molecule has 9 nitrogen and oxygen atoms in total. The van der Waals surface area contributed by atoms with Gasteiger partial charge in [0.15, 0.2) is 6.29 Å². The number of allylic oxidation sites excluding steroid dienone is 10. The molecule has 0 radical (unpaired) electrons. The second kappa shape index (κ2) is 41.3. The molecule has 9 heteroatoms. The SMILES string of the molecule is CC/C=C\C/C=C\C/C=C\C/C=C\C/C=C\CCCCCCCCCCCC(=O)OC(COCCCCCCCCCCCCC)COC1OC(CO)C(O)C(O)C1O. The summed E-state index contributed by atoms with van der Waals surface area (Å²) < 4.78 is 22.8. The molecule has 6 atom stereocenters. The number of carbonyl (C=O) groups excluding carboxylic acids is 1. The predicted octanol–water partition coefficient (Wildman–Crippen LogP) is 11.1. The van der Waals surface area contributed by atoms with Crippen LogP contribution in [0.5, 0.6) is 0 Å². The maximum atomic E-state index is 12.8. The summed E-state index contributed by atoms with van der Waals surface area (Å²) in [6.45, 7) is 4.44. The molecule has 0 spiro atoms. The van der Waals surface area contributed by atoms with Crippen molar-refractivity contribution in [2.24, 2.45) is 0 Å². The second-order valence-corrected chi connectivity index (χ2v) is 16.2. The number of hydrogen-bond acceptors (Lipinski definition) is 9. The topological polar surface area (TPSA) is 135 Å². The van der Waals surface area contributed by atoms with Gasteiger partial charge in [0.25, 0.3) is 0 Å². The lowest BCUT2D eigenvalue weighted by Crippen LogP contribution is -2.59. The Balaban J connectivity index is 2.20. The van der Waals surface area contributed by atoms with E-state index in [1.54, 1.807) is 0 Å².